The molecule has 1 N–H and O–H groups in total. The molecule has 2 rings (SSSR count). The average Bonchev–Trinajstić information content (AvgIpc) is 2.88. The lowest BCUT2D eigenvalue weighted by molar-refractivity contribution is -0.133. The van der Waals surface area contributed by atoms with E-state index in [2.05, 4.69) is 4.98 Å². The summed E-state index contributed by atoms with van der Waals surface area (Å²) >= 11 is 1.15. The predicted molar refractivity (Wildman–Crippen MR) is 72.9 cm³/mol. The van der Waals surface area contributed by atoms with E-state index >= 15 is 0 Å². The molecular formula is C13H16N2O3S. The van der Waals surface area contributed by atoms with E-state index in [1.807, 2.05) is 17.0 Å². The van der Waals surface area contributed by atoms with Crippen LogP contribution < -0.4 is 0 Å². The van der Waals surface area contributed by atoms with Crippen molar-refractivity contribution in [3.63, 3.8) is 0 Å². The summed E-state index contributed by atoms with van der Waals surface area (Å²) in [6.45, 7) is 0.749. The van der Waals surface area contributed by atoms with Gasteiger partial charge >= 0.3 is 5.97 Å². The Labute approximate surface area is 116 Å². The molecule has 1 aliphatic heterocycles. The van der Waals surface area contributed by atoms with Crippen LogP contribution in [0, 0.1) is 0 Å². The highest BCUT2D eigenvalue weighted by molar-refractivity contribution is 8.00. The van der Waals surface area contributed by atoms with Crippen molar-refractivity contribution in [3.05, 3.63) is 30.1 Å². The van der Waals surface area contributed by atoms with E-state index < -0.39 is 5.97 Å². The van der Waals surface area contributed by atoms with E-state index in [1.54, 1.807) is 12.4 Å². The van der Waals surface area contributed by atoms with Crippen molar-refractivity contribution in [2.24, 2.45) is 0 Å². The molecule has 6 heteroatoms. The Morgan fingerprint density at radius 3 is 2.79 bits per heavy atom. The molecule has 0 spiro atoms. The summed E-state index contributed by atoms with van der Waals surface area (Å²) in [5.74, 6) is -0.664. The lowest BCUT2D eigenvalue weighted by atomic mass is 10.1. The van der Waals surface area contributed by atoms with Gasteiger partial charge in [-0.3, -0.25) is 14.6 Å². The number of pyridine rings is 1. The van der Waals surface area contributed by atoms with E-state index in [0.29, 0.717) is 0 Å². The van der Waals surface area contributed by atoms with E-state index in [9.17, 15) is 9.59 Å². The maximum Gasteiger partial charge on any atom is 0.313 e. The van der Waals surface area contributed by atoms with Crippen LogP contribution in [0.5, 0.6) is 0 Å². The molecule has 5 nitrogen and oxygen atoms in total. The molecule has 1 fully saturated rings. The fourth-order valence-electron chi connectivity index (χ4n) is 2.31. The first kappa shape index (κ1) is 13.9. The van der Waals surface area contributed by atoms with E-state index in [1.165, 1.54) is 0 Å². The molecule has 19 heavy (non-hydrogen) atoms. The first-order valence-corrected chi connectivity index (χ1v) is 7.33. The number of hydrogen-bond acceptors (Lipinski definition) is 4. The highest BCUT2D eigenvalue weighted by Gasteiger charge is 2.29. The molecule has 0 bridgehead atoms. The van der Waals surface area contributed by atoms with Gasteiger partial charge in [-0.05, 0) is 30.5 Å². The Bertz CT molecular complexity index is 452. The van der Waals surface area contributed by atoms with Gasteiger partial charge in [-0.25, -0.2) is 0 Å². The lowest BCUT2D eigenvalue weighted by Crippen LogP contribution is -2.32. The van der Waals surface area contributed by atoms with Crippen LogP contribution in [0.15, 0.2) is 24.5 Å². The zero-order chi connectivity index (χ0) is 13.7. The standard InChI is InChI=1S/C13H16N2O3S/c16-12(8-19-9-13(17)18)15-7-1-2-11(15)10-3-5-14-6-4-10/h3-6,11H,1-2,7-9H2,(H,17,18). The molecular weight excluding hydrogens is 264 g/mol. The van der Waals surface area contributed by atoms with Gasteiger partial charge in [0.25, 0.3) is 0 Å². The van der Waals surface area contributed by atoms with Gasteiger partial charge in [0, 0.05) is 18.9 Å². The minimum Gasteiger partial charge on any atom is -0.481 e. The second-order valence-corrected chi connectivity index (χ2v) is 5.40. The van der Waals surface area contributed by atoms with Gasteiger partial charge in [-0.1, -0.05) is 0 Å². The topological polar surface area (TPSA) is 70.5 Å². The molecule has 0 radical (unpaired) electrons. The largest absolute Gasteiger partial charge is 0.481 e. The summed E-state index contributed by atoms with van der Waals surface area (Å²) in [6.07, 6.45) is 5.41. The van der Waals surface area contributed by atoms with Crippen LogP contribution in [0.4, 0.5) is 0 Å². The normalized spacial score (nSPS) is 18.5. The molecule has 1 aromatic heterocycles. The van der Waals surface area contributed by atoms with Gasteiger partial charge in [-0.2, -0.15) is 0 Å². The summed E-state index contributed by atoms with van der Waals surface area (Å²) in [7, 11) is 0. The molecule has 0 aromatic carbocycles. The van der Waals surface area contributed by atoms with Crippen LogP contribution in [-0.4, -0.2) is 44.9 Å². The van der Waals surface area contributed by atoms with Crippen molar-refractivity contribution >= 4 is 23.6 Å². The van der Waals surface area contributed by atoms with Crippen LogP contribution in [-0.2, 0) is 9.59 Å². The number of rotatable bonds is 5. The van der Waals surface area contributed by atoms with Gasteiger partial charge in [0.2, 0.25) is 5.91 Å². The predicted octanol–water partition coefficient (Wildman–Crippen LogP) is 1.56. The molecule has 0 aliphatic carbocycles. The number of nitrogens with zero attached hydrogens (tertiary/aromatic N) is 2. The number of thioether (sulfide) groups is 1. The van der Waals surface area contributed by atoms with Gasteiger partial charge in [0.05, 0.1) is 17.5 Å². The highest BCUT2D eigenvalue weighted by atomic mass is 32.2. The fraction of sp³-hybridized carbons (Fsp3) is 0.462. The van der Waals surface area contributed by atoms with Gasteiger partial charge in [0.15, 0.2) is 0 Å². The summed E-state index contributed by atoms with van der Waals surface area (Å²) in [5, 5.41) is 8.57. The molecule has 2 heterocycles. The van der Waals surface area contributed by atoms with Gasteiger partial charge in [0.1, 0.15) is 0 Å². The molecule has 1 aliphatic rings. The van der Waals surface area contributed by atoms with Crippen molar-refractivity contribution in [2.75, 3.05) is 18.1 Å². The number of aromatic nitrogens is 1. The van der Waals surface area contributed by atoms with Gasteiger partial charge in [-0.15, -0.1) is 11.8 Å². The first-order chi connectivity index (χ1) is 9.18. The molecule has 1 amide bonds. The van der Waals surface area contributed by atoms with Crippen molar-refractivity contribution < 1.29 is 14.7 Å². The van der Waals surface area contributed by atoms with Crippen molar-refractivity contribution in [3.8, 4) is 0 Å². The SMILES string of the molecule is O=C(O)CSCC(=O)N1CCCC1c1ccncc1. The molecule has 1 atom stereocenters. The molecule has 102 valence electrons. The Morgan fingerprint density at radius 1 is 1.37 bits per heavy atom. The zero-order valence-electron chi connectivity index (χ0n) is 10.5. The lowest BCUT2D eigenvalue weighted by Gasteiger charge is -2.24. The monoisotopic (exact) mass is 280 g/mol. The third kappa shape index (κ3) is 3.70. The van der Waals surface area contributed by atoms with Crippen molar-refractivity contribution in [2.45, 2.75) is 18.9 Å². The van der Waals surface area contributed by atoms with Crippen LogP contribution in [0.3, 0.4) is 0 Å². The third-order valence-electron chi connectivity index (χ3n) is 3.12. The number of hydrogen-bond donors (Lipinski definition) is 1. The van der Waals surface area contributed by atoms with E-state index in [-0.39, 0.29) is 23.5 Å². The maximum atomic E-state index is 12.1. The Balaban J connectivity index is 1.95. The van der Waals surface area contributed by atoms with Crippen molar-refractivity contribution in [1.29, 1.82) is 0 Å². The first-order valence-electron chi connectivity index (χ1n) is 6.17. The number of aliphatic carboxylic acids is 1. The number of carboxylic acids is 1. The quantitative estimate of drug-likeness (QED) is 0.886. The Morgan fingerprint density at radius 2 is 2.11 bits per heavy atom. The zero-order valence-corrected chi connectivity index (χ0v) is 11.3. The maximum absolute atomic E-state index is 12.1. The summed E-state index contributed by atoms with van der Waals surface area (Å²) < 4.78 is 0. The summed E-state index contributed by atoms with van der Waals surface area (Å²) in [4.78, 5) is 28.4. The third-order valence-corrected chi connectivity index (χ3v) is 4.02. The number of carboxylic acid groups (broad SMARTS) is 1. The van der Waals surface area contributed by atoms with Crippen LogP contribution in [0.1, 0.15) is 24.4 Å². The molecule has 1 saturated heterocycles. The van der Waals surface area contributed by atoms with Crippen LogP contribution >= 0.6 is 11.8 Å². The average molecular weight is 280 g/mol. The van der Waals surface area contributed by atoms with Crippen LogP contribution in [0.25, 0.3) is 0 Å². The minimum atomic E-state index is -0.884. The Hall–Kier alpha value is -1.56. The Kier molecular flexibility index (Phi) is 4.79. The van der Waals surface area contributed by atoms with Crippen molar-refractivity contribution in [1.82, 2.24) is 9.88 Å². The smallest absolute Gasteiger partial charge is 0.313 e. The number of amides is 1. The van der Waals surface area contributed by atoms with E-state index in [0.717, 1.165) is 36.7 Å². The molecule has 1 unspecified atom stereocenters. The van der Waals surface area contributed by atoms with Crippen LogP contribution in [0.2, 0.25) is 0 Å². The number of carbonyl (C=O) groups is 2. The minimum absolute atomic E-state index is 0.0190. The highest BCUT2D eigenvalue weighted by Crippen LogP contribution is 2.31. The second kappa shape index (κ2) is 6.56. The summed E-state index contributed by atoms with van der Waals surface area (Å²) in [5.41, 5.74) is 1.10. The summed E-state index contributed by atoms with van der Waals surface area (Å²) in [6, 6.07) is 3.97. The second-order valence-electron chi connectivity index (χ2n) is 4.41. The number of carbonyl (C=O) groups excluding carboxylic acids is 1. The van der Waals surface area contributed by atoms with E-state index in [4.69, 9.17) is 5.11 Å². The van der Waals surface area contributed by atoms with Gasteiger partial charge < -0.3 is 10.0 Å². The molecule has 1 aromatic rings. The fourth-order valence-corrected chi connectivity index (χ4v) is 2.92. The molecule has 0 saturated carbocycles. The number of likely N-dealkylation sites (tertiary alicyclic amines) is 1.